The SMILES string of the molecule is CC[C@H](C)CS(=O)(=O)N1CCO[C@H](c2nnc(C)o2)C1. The number of sulfonamides is 1. The summed E-state index contributed by atoms with van der Waals surface area (Å²) in [4.78, 5) is 0. The number of hydrogen-bond acceptors (Lipinski definition) is 6. The van der Waals surface area contributed by atoms with Crippen molar-refractivity contribution >= 4 is 10.0 Å². The summed E-state index contributed by atoms with van der Waals surface area (Å²) < 4.78 is 37.0. The fraction of sp³-hybridized carbons (Fsp3) is 0.833. The first kappa shape index (κ1) is 15.4. The highest BCUT2D eigenvalue weighted by Gasteiger charge is 2.33. The Morgan fingerprint density at radius 1 is 1.45 bits per heavy atom. The van der Waals surface area contributed by atoms with Gasteiger partial charge in [0.05, 0.1) is 12.4 Å². The molecule has 1 aliphatic heterocycles. The van der Waals surface area contributed by atoms with Crippen molar-refractivity contribution in [2.45, 2.75) is 33.3 Å². The van der Waals surface area contributed by atoms with Crippen molar-refractivity contribution in [2.24, 2.45) is 5.92 Å². The van der Waals surface area contributed by atoms with Gasteiger partial charge in [-0.05, 0) is 5.92 Å². The van der Waals surface area contributed by atoms with Crippen LogP contribution in [0.5, 0.6) is 0 Å². The molecule has 0 bridgehead atoms. The zero-order valence-electron chi connectivity index (χ0n) is 12.1. The number of aryl methyl sites for hydroxylation is 1. The number of hydrogen-bond donors (Lipinski definition) is 0. The Morgan fingerprint density at radius 3 is 2.80 bits per heavy atom. The van der Waals surface area contributed by atoms with Crippen molar-refractivity contribution in [3.05, 3.63) is 11.8 Å². The second-order valence-corrected chi connectivity index (χ2v) is 7.18. The molecule has 0 saturated carbocycles. The molecule has 1 aliphatic rings. The van der Waals surface area contributed by atoms with Gasteiger partial charge >= 0.3 is 0 Å². The van der Waals surface area contributed by atoms with E-state index in [0.717, 1.165) is 6.42 Å². The summed E-state index contributed by atoms with van der Waals surface area (Å²) in [6.45, 7) is 6.58. The summed E-state index contributed by atoms with van der Waals surface area (Å²) in [5.41, 5.74) is 0. The third-order valence-electron chi connectivity index (χ3n) is 3.43. The smallest absolute Gasteiger partial charge is 0.246 e. The number of aromatic nitrogens is 2. The minimum atomic E-state index is -3.27. The van der Waals surface area contributed by atoms with Crippen molar-refractivity contribution in [1.29, 1.82) is 0 Å². The van der Waals surface area contributed by atoms with Crippen LogP contribution in [0.4, 0.5) is 0 Å². The fourth-order valence-corrected chi connectivity index (χ4v) is 3.93. The lowest BCUT2D eigenvalue weighted by Gasteiger charge is -2.31. The van der Waals surface area contributed by atoms with Crippen LogP contribution in [0.2, 0.25) is 0 Å². The van der Waals surface area contributed by atoms with Crippen LogP contribution in [0.1, 0.15) is 38.2 Å². The van der Waals surface area contributed by atoms with Gasteiger partial charge in [-0.2, -0.15) is 4.31 Å². The van der Waals surface area contributed by atoms with Gasteiger partial charge in [0.2, 0.25) is 21.8 Å². The van der Waals surface area contributed by atoms with Crippen LogP contribution in [0, 0.1) is 12.8 Å². The van der Waals surface area contributed by atoms with Crippen LogP contribution in [-0.4, -0.2) is 48.4 Å². The Morgan fingerprint density at radius 2 is 2.20 bits per heavy atom. The molecule has 0 N–H and O–H groups in total. The molecule has 1 aromatic heterocycles. The minimum absolute atomic E-state index is 0.145. The normalized spacial score (nSPS) is 22.9. The van der Waals surface area contributed by atoms with Crippen LogP contribution in [-0.2, 0) is 14.8 Å². The third kappa shape index (κ3) is 3.56. The predicted octanol–water partition coefficient (Wildman–Crippen LogP) is 1.13. The van der Waals surface area contributed by atoms with Crippen molar-refractivity contribution in [3.8, 4) is 0 Å². The van der Waals surface area contributed by atoms with Gasteiger partial charge in [0.25, 0.3) is 0 Å². The fourth-order valence-electron chi connectivity index (χ4n) is 2.05. The lowest BCUT2D eigenvalue weighted by atomic mass is 10.2. The lowest BCUT2D eigenvalue weighted by Crippen LogP contribution is -2.44. The zero-order valence-corrected chi connectivity index (χ0v) is 12.9. The summed E-state index contributed by atoms with van der Waals surface area (Å²) in [6.07, 6.45) is 0.368. The number of morpholine rings is 1. The Bertz CT molecular complexity index is 543. The first-order valence-corrected chi connectivity index (χ1v) is 8.42. The van der Waals surface area contributed by atoms with Gasteiger partial charge in [0, 0.05) is 20.0 Å². The van der Waals surface area contributed by atoms with E-state index in [9.17, 15) is 8.42 Å². The molecule has 1 fully saturated rings. The lowest BCUT2D eigenvalue weighted by molar-refractivity contribution is -0.0177. The Hall–Kier alpha value is -0.990. The molecule has 2 rings (SSSR count). The van der Waals surface area contributed by atoms with Gasteiger partial charge in [-0.25, -0.2) is 8.42 Å². The molecule has 114 valence electrons. The molecule has 1 aromatic rings. The van der Waals surface area contributed by atoms with Crippen molar-refractivity contribution in [1.82, 2.24) is 14.5 Å². The maximum Gasteiger partial charge on any atom is 0.246 e. The topological polar surface area (TPSA) is 85.5 Å². The summed E-state index contributed by atoms with van der Waals surface area (Å²) in [6, 6.07) is 0. The minimum Gasteiger partial charge on any atom is -0.423 e. The largest absolute Gasteiger partial charge is 0.423 e. The molecule has 0 spiro atoms. The average molecular weight is 303 g/mol. The first-order chi connectivity index (χ1) is 9.42. The molecule has 20 heavy (non-hydrogen) atoms. The maximum atomic E-state index is 12.3. The quantitative estimate of drug-likeness (QED) is 0.810. The van der Waals surface area contributed by atoms with E-state index < -0.39 is 16.1 Å². The Balaban J connectivity index is 2.06. The van der Waals surface area contributed by atoms with Gasteiger partial charge in [-0.15, -0.1) is 10.2 Å². The van der Waals surface area contributed by atoms with Gasteiger partial charge < -0.3 is 9.15 Å². The number of rotatable bonds is 5. The summed E-state index contributed by atoms with van der Waals surface area (Å²) in [5, 5.41) is 7.65. The van der Waals surface area contributed by atoms with E-state index in [2.05, 4.69) is 10.2 Å². The third-order valence-corrected chi connectivity index (χ3v) is 5.54. The molecule has 2 heterocycles. The number of nitrogens with zero attached hydrogens (tertiary/aromatic N) is 3. The van der Waals surface area contributed by atoms with Crippen molar-refractivity contribution in [3.63, 3.8) is 0 Å². The van der Waals surface area contributed by atoms with E-state index in [-0.39, 0.29) is 18.2 Å². The van der Waals surface area contributed by atoms with E-state index in [1.807, 2.05) is 13.8 Å². The molecule has 7 nitrogen and oxygen atoms in total. The number of ether oxygens (including phenoxy) is 1. The first-order valence-electron chi connectivity index (χ1n) is 6.81. The van der Waals surface area contributed by atoms with Crippen LogP contribution in [0.15, 0.2) is 4.42 Å². The van der Waals surface area contributed by atoms with Gasteiger partial charge in [-0.3, -0.25) is 0 Å². The van der Waals surface area contributed by atoms with Crippen LogP contribution in [0.3, 0.4) is 0 Å². The second-order valence-electron chi connectivity index (χ2n) is 5.17. The van der Waals surface area contributed by atoms with E-state index in [0.29, 0.717) is 24.9 Å². The van der Waals surface area contributed by atoms with E-state index in [1.165, 1.54) is 4.31 Å². The highest BCUT2D eigenvalue weighted by Crippen LogP contribution is 2.23. The van der Waals surface area contributed by atoms with Gasteiger partial charge in [0.15, 0.2) is 0 Å². The molecule has 0 unspecified atom stereocenters. The molecule has 0 amide bonds. The predicted molar refractivity (Wildman–Crippen MR) is 72.5 cm³/mol. The highest BCUT2D eigenvalue weighted by molar-refractivity contribution is 7.89. The molecule has 8 heteroatoms. The molecular weight excluding hydrogens is 282 g/mol. The molecule has 0 aromatic carbocycles. The van der Waals surface area contributed by atoms with Crippen LogP contribution >= 0.6 is 0 Å². The van der Waals surface area contributed by atoms with E-state index in [1.54, 1.807) is 6.92 Å². The molecule has 0 aliphatic carbocycles. The molecule has 1 saturated heterocycles. The Labute approximate surface area is 119 Å². The average Bonchev–Trinajstić information content (AvgIpc) is 2.85. The van der Waals surface area contributed by atoms with Gasteiger partial charge in [-0.1, -0.05) is 20.3 Å². The molecule has 2 atom stereocenters. The highest BCUT2D eigenvalue weighted by atomic mass is 32.2. The van der Waals surface area contributed by atoms with E-state index >= 15 is 0 Å². The van der Waals surface area contributed by atoms with Crippen LogP contribution in [0.25, 0.3) is 0 Å². The monoisotopic (exact) mass is 303 g/mol. The van der Waals surface area contributed by atoms with Crippen molar-refractivity contribution < 1.29 is 17.6 Å². The van der Waals surface area contributed by atoms with Crippen LogP contribution < -0.4 is 0 Å². The zero-order chi connectivity index (χ0) is 14.8. The van der Waals surface area contributed by atoms with E-state index in [4.69, 9.17) is 9.15 Å². The molecular formula is C12H21N3O4S. The summed E-state index contributed by atoms with van der Waals surface area (Å²) >= 11 is 0. The summed E-state index contributed by atoms with van der Waals surface area (Å²) in [5.74, 6) is 1.10. The standard InChI is InChI=1S/C12H21N3O4S/c1-4-9(2)8-20(16,17)15-5-6-18-11(7-15)12-14-13-10(3)19-12/h9,11H,4-8H2,1-3H3/t9-,11-/m0/s1. The Kier molecular flexibility index (Phi) is 4.77. The summed E-state index contributed by atoms with van der Waals surface area (Å²) in [7, 11) is -3.27. The second kappa shape index (κ2) is 6.19. The van der Waals surface area contributed by atoms with Crippen molar-refractivity contribution in [2.75, 3.05) is 25.4 Å². The molecule has 0 radical (unpaired) electrons. The van der Waals surface area contributed by atoms with Gasteiger partial charge in [0.1, 0.15) is 6.10 Å². The maximum absolute atomic E-state index is 12.3.